The van der Waals surface area contributed by atoms with Crippen LogP contribution in [0.4, 0.5) is 9.93 Å². The highest BCUT2D eigenvalue weighted by Gasteiger charge is 2.24. The SMILES string of the molecule is COc1sc(NC(=O)NS(=O)(=O)c2cn(C)c3c(OC)cccc23)nc1C. The maximum absolute atomic E-state index is 12.7. The van der Waals surface area contributed by atoms with Gasteiger partial charge < -0.3 is 14.0 Å². The second kappa shape index (κ2) is 7.08. The number of benzene rings is 1. The Hall–Kier alpha value is -2.79. The lowest BCUT2D eigenvalue weighted by atomic mass is 10.2. The molecule has 2 aromatic heterocycles. The number of para-hydroxylation sites is 1. The zero-order chi connectivity index (χ0) is 19.8. The first-order valence-corrected chi connectivity index (χ1v) is 10.0. The van der Waals surface area contributed by atoms with Crippen LogP contribution in [0.5, 0.6) is 10.8 Å². The van der Waals surface area contributed by atoms with Crippen LogP contribution in [0, 0.1) is 6.92 Å². The lowest BCUT2D eigenvalue weighted by Crippen LogP contribution is -2.34. The second-order valence-electron chi connectivity index (χ2n) is 5.62. The molecule has 0 fully saturated rings. The molecule has 2 heterocycles. The molecule has 0 atom stereocenters. The molecule has 11 heteroatoms. The van der Waals surface area contributed by atoms with Gasteiger partial charge in [-0.15, -0.1) is 0 Å². The van der Waals surface area contributed by atoms with Gasteiger partial charge in [0.05, 0.1) is 25.4 Å². The smallest absolute Gasteiger partial charge is 0.334 e. The monoisotopic (exact) mass is 410 g/mol. The first-order chi connectivity index (χ1) is 12.8. The highest BCUT2D eigenvalue weighted by molar-refractivity contribution is 7.90. The van der Waals surface area contributed by atoms with Gasteiger partial charge in [0.2, 0.25) is 0 Å². The number of carbonyl (C=O) groups is 1. The molecule has 0 spiro atoms. The van der Waals surface area contributed by atoms with E-state index in [1.807, 2.05) is 4.72 Å². The minimum absolute atomic E-state index is 0.0260. The number of hydrogen-bond acceptors (Lipinski definition) is 7. The predicted octanol–water partition coefficient (Wildman–Crippen LogP) is 2.47. The van der Waals surface area contributed by atoms with Crippen molar-refractivity contribution < 1.29 is 22.7 Å². The van der Waals surface area contributed by atoms with Crippen molar-refractivity contribution in [1.29, 1.82) is 0 Å². The number of nitrogens with one attached hydrogen (secondary N) is 2. The molecule has 0 saturated carbocycles. The molecule has 0 bridgehead atoms. The fourth-order valence-corrected chi connectivity index (χ4v) is 4.63. The molecule has 0 aliphatic heterocycles. The number of amides is 2. The molecule has 0 radical (unpaired) electrons. The molecule has 27 heavy (non-hydrogen) atoms. The molecule has 9 nitrogen and oxygen atoms in total. The second-order valence-corrected chi connectivity index (χ2v) is 8.23. The molecule has 0 aliphatic carbocycles. The Morgan fingerprint density at radius 3 is 2.63 bits per heavy atom. The lowest BCUT2D eigenvalue weighted by molar-refractivity contribution is 0.256. The molecule has 0 aliphatic rings. The van der Waals surface area contributed by atoms with Gasteiger partial charge in [0.15, 0.2) is 10.2 Å². The molecule has 0 unspecified atom stereocenters. The predicted molar refractivity (Wildman–Crippen MR) is 102 cm³/mol. The van der Waals surface area contributed by atoms with Crippen molar-refractivity contribution in [2.45, 2.75) is 11.8 Å². The molecular formula is C16H18N4O5S2. The van der Waals surface area contributed by atoms with Crippen molar-refractivity contribution in [2.75, 3.05) is 19.5 Å². The van der Waals surface area contributed by atoms with Crippen LogP contribution in [-0.4, -0.2) is 38.2 Å². The highest BCUT2D eigenvalue weighted by Crippen LogP contribution is 2.32. The standard InChI is InChI=1S/C16H18N4O5S2/c1-9-14(25-4)26-16(17-9)18-15(21)19-27(22,23)12-8-20(2)13-10(12)6-5-7-11(13)24-3/h5-8H,1-4H3,(H2,17,18,19,21). The number of fused-ring (bicyclic) bond motifs is 1. The molecule has 0 saturated heterocycles. The van der Waals surface area contributed by atoms with E-state index in [1.54, 1.807) is 36.7 Å². The molecular weight excluding hydrogens is 392 g/mol. The number of ether oxygens (including phenoxy) is 2. The van der Waals surface area contributed by atoms with E-state index in [9.17, 15) is 13.2 Å². The van der Waals surface area contributed by atoms with Gasteiger partial charge in [0, 0.05) is 18.6 Å². The van der Waals surface area contributed by atoms with E-state index in [1.165, 1.54) is 20.4 Å². The zero-order valence-electron chi connectivity index (χ0n) is 15.1. The summed E-state index contributed by atoms with van der Waals surface area (Å²) in [6.07, 6.45) is 1.43. The first kappa shape index (κ1) is 19.0. The summed E-state index contributed by atoms with van der Waals surface area (Å²) in [6.45, 7) is 1.72. The summed E-state index contributed by atoms with van der Waals surface area (Å²) in [5.41, 5.74) is 1.21. The van der Waals surface area contributed by atoms with Crippen LogP contribution in [0.2, 0.25) is 0 Å². The lowest BCUT2D eigenvalue weighted by Gasteiger charge is -2.06. The summed E-state index contributed by atoms with van der Waals surface area (Å²) in [5.74, 6) is 0.534. The van der Waals surface area contributed by atoms with E-state index in [0.29, 0.717) is 27.4 Å². The van der Waals surface area contributed by atoms with Crippen molar-refractivity contribution in [3.05, 3.63) is 30.1 Å². The number of sulfonamides is 1. The summed E-state index contributed by atoms with van der Waals surface area (Å²) in [4.78, 5) is 16.3. The fourth-order valence-electron chi connectivity index (χ4n) is 2.70. The van der Waals surface area contributed by atoms with E-state index in [0.717, 1.165) is 11.3 Å². The van der Waals surface area contributed by atoms with Gasteiger partial charge in [0.25, 0.3) is 10.0 Å². The number of methoxy groups -OCH3 is 2. The number of nitrogens with zero attached hydrogens (tertiary/aromatic N) is 2. The number of hydrogen-bond donors (Lipinski definition) is 2. The Bertz CT molecular complexity index is 1120. The molecule has 2 amide bonds. The number of aryl methyl sites for hydroxylation is 2. The number of thiazole rings is 1. The van der Waals surface area contributed by atoms with Crippen LogP contribution in [0.15, 0.2) is 29.3 Å². The summed E-state index contributed by atoms with van der Waals surface area (Å²) < 4.78 is 39.5. The van der Waals surface area contributed by atoms with Crippen molar-refractivity contribution in [2.24, 2.45) is 7.05 Å². The maximum Gasteiger partial charge on any atom is 0.334 e. The molecule has 1 aromatic carbocycles. The number of rotatable bonds is 5. The topological polar surface area (TPSA) is 112 Å². The van der Waals surface area contributed by atoms with Gasteiger partial charge in [-0.2, -0.15) is 0 Å². The quantitative estimate of drug-likeness (QED) is 0.668. The average Bonchev–Trinajstić information content (AvgIpc) is 3.14. The largest absolute Gasteiger partial charge is 0.495 e. The van der Waals surface area contributed by atoms with Gasteiger partial charge >= 0.3 is 6.03 Å². The van der Waals surface area contributed by atoms with Crippen LogP contribution in [0.1, 0.15) is 5.69 Å². The van der Waals surface area contributed by atoms with E-state index < -0.39 is 16.1 Å². The fraction of sp³-hybridized carbons (Fsp3) is 0.250. The zero-order valence-corrected chi connectivity index (χ0v) is 16.7. The van der Waals surface area contributed by atoms with Gasteiger partial charge in [-0.25, -0.2) is 22.9 Å². The van der Waals surface area contributed by atoms with E-state index in [4.69, 9.17) is 9.47 Å². The van der Waals surface area contributed by atoms with Crippen LogP contribution in [0.25, 0.3) is 10.9 Å². The van der Waals surface area contributed by atoms with Crippen molar-refractivity contribution >= 4 is 43.4 Å². The Balaban J connectivity index is 1.88. The van der Waals surface area contributed by atoms with Gasteiger partial charge in [0.1, 0.15) is 10.6 Å². The van der Waals surface area contributed by atoms with Crippen LogP contribution in [-0.2, 0) is 17.1 Å². The van der Waals surface area contributed by atoms with Crippen molar-refractivity contribution in [3.63, 3.8) is 0 Å². The third kappa shape index (κ3) is 3.55. The molecule has 3 aromatic rings. The number of urea groups is 1. The van der Waals surface area contributed by atoms with Crippen molar-refractivity contribution in [3.8, 4) is 10.8 Å². The summed E-state index contributed by atoms with van der Waals surface area (Å²) in [5, 5.41) is 3.62. The number of anilines is 1. The Morgan fingerprint density at radius 1 is 1.26 bits per heavy atom. The summed E-state index contributed by atoms with van der Waals surface area (Å²) >= 11 is 1.10. The van der Waals surface area contributed by atoms with E-state index in [-0.39, 0.29) is 10.0 Å². The van der Waals surface area contributed by atoms with E-state index in [2.05, 4.69) is 10.3 Å². The van der Waals surface area contributed by atoms with Gasteiger partial charge in [-0.05, 0) is 13.0 Å². The number of aromatic nitrogens is 2. The van der Waals surface area contributed by atoms with Crippen LogP contribution >= 0.6 is 11.3 Å². The number of carbonyl (C=O) groups excluding carboxylic acids is 1. The summed E-state index contributed by atoms with van der Waals surface area (Å²) in [6, 6.07) is 4.16. The minimum Gasteiger partial charge on any atom is -0.495 e. The van der Waals surface area contributed by atoms with Crippen LogP contribution in [0.3, 0.4) is 0 Å². The third-order valence-electron chi connectivity index (χ3n) is 3.82. The third-order valence-corrected chi connectivity index (χ3v) is 6.22. The minimum atomic E-state index is -4.11. The average molecular weight is 410 g/mol. The summed E-state index contributed by atoms with van der Waals surface area (Å²) in [7, 11) is 0.586. The Labute approximate surface area is 160 Å². The highest BCUT2D eigenvalue weighted by atomic mass is 32.2. The molecule has 144 valence electrons. The first-order valence-electron chi connectivity index (χ1n) is 7.74. The van der Waals surface area contributed by atoms with Crippen LogP contribution < -0.4 is 19.5 Å². The Kier molecular flexibility index (Phi) is 4.98. The van der Waals surface area contributed by atoms with Gasteiger partial charge in [-0.3, -0.25) is 5.32 Å². The molecule has 3 rings (SSSR count). The van der Waals surface area contributed by atoms with Gasteiger partial charge in [-0.1, -0.05) is 23.5 Å². The Morgan fingerprint density at radius 2 is 2.00 bits per heavy atom. The maximum atomic E-state index is 12.7. The normalized spacial score (nSPS) is 11.4. The van der Waals surface area contributed by atoms with Crippen molar-refractivity contribution in [1.82, 2.24) is 14.3 Å². The molecule has 2 N–H and O–H groups in total. The van der Waals surface area contributed by atoms with E-state index >= 15 is 0 Å².